The zero-order valence-corrected chi connectivity index (χ0v) is 14.4. The van der Waals surface area contributed by atoms with Gasteiger partial charge in [0.05, 0.1) is 18.5 Å². The summed E-state index contributed by atoms with van der Waals surface area (Å²) in [7, 11) is -3.38. The molecule has 1 atom stereocenters. The van der Waals surface area contributed by atoms with Crippen LogP contribution in [-0.4, -0.2) is 33.2 Å². The summed E-state index contributed by atoms with van der Waals surface area (Å²) in [6.45, 7) is 9.77. The maximum Gasteiger partial charge on any atom is 0.251 e. The van der Waals surface area contributed by atoms with E-state index in [-0.39, 0.29) is 18.5 Å². The van der Waals surface area contributed by atoms with E-state index >= 15 is 0 Å². The number of benzene rings is 1. The Morgan fingerprint density at radius 1 is 1.27 bits per heavy atom. The van der Waals surface area contributed by atoms with Crippen molar-refractivity contribution in [3.05, 3.63) is 42.5 Å². The minimum atomic E-state index is -3.38. The van der Waals surface area contributed by atoms with E-state index in [0.29, 0.717) is 17.2 Å². The first kappa shape index (κ1) is 18.2. The number of nitrogens with zero attached hydrogens (tertiary/aromatic N) is 1. The number of amides is 1. The Labute approximate surface area is 133 Å². The molecule has 5 nitrogen and oxygen atoms in total. The van der Waals surface area contributed by atoms with E-state index in [9.17, 15) is 13.2 Å². The number of sulfonamides is 1. The summed E-state index contributed by atoms with van der Waals surface area (Å²) < 4.78 is 24.8. The summed E-state index contributed by atoms with van der Waals surface area (Å²) >= 11 is 0. The largest absolute Gasteiger partial charge is 0.349 e. The smallest absolute Gasteiger partial charge is 0.251 e. The molecule has 1 amide bonds. The summed E-state index contributed by atoms with van der Waals surface area (Å²) in [6.07, 6.45) is 2.66. The molecule has 0 aliphatic carbocycles. The fourth-order valence-corrected chi connectivity index (χ4v) is 2.67. The van der Waals surface area contributed by atoms with E-state index in [1.165, 1.54) is 10.4 Å². The van der Waals surface area contributed by atoms with Crippen molar-refractivity contribution in [1.29, 1.82) is 0 Å². The standard InChI is InChI=1S/C16H24N2O3S/c1-6-11-18(22(5,20)21)15-9-7-14(8-10-15)16(19)17-13(4)12(2)3/h6-10,12-13H,1,11H2,2-5H3,(H,17,19)/t13-/m1/s1. The Bertz CT molecular complexity index is 621. The SMILES string of the molecule is C=CCN(c1ccc(C(=O)N[C@H](C)C(C)C)cc1)S(C)(=O)=O. The van der Waals surface area contributed by atoms with Gasteiger partial charge in [0.15, 0.2) is 0 Å². The molecule has 22 heavy (non-hydrogen) atoms. The first-order chi connectivity index (χ1) is 10.2. The van der Waals surface area contributed by atoms with Crippen LogP contribution in [0.3, 0.4) is 0 Å². The van der Waals surface area contributed by atoms with Crippen LogP contribution in [0, 0.1) is 5.92 Å². The Balaban J connectivity index is 2.94. The monoisotopic (exact) mass is 324 g/mol. The van der Waals surface area contributed by atoms with Crippen molar-refractivity contribution >= 4 is 21.6 Å². The number of hydrogen-bond acceptors (Lipinski definition) is 3. The molecule has 0 unspecified atom stereocenters. The third-order valence-corrected chi connectivity index (χ3v) is 4.63. The minimum Gasteiger partial charge on any atom is -0.349 e. The fourth-order valence-electron chi connectivity index (χ4n) is 1.79. The van der Waals surface area contributed by atoms with E-state index in [1.807, 2.05) is 20.8 Å². The van der Waals surface area contributed by atoms with Gasteiger partial charge in [0.1, 0.15) is 0 Å². The average molecular weight is 324 g/mol. The fraction of sp³-hybridized carbons (Fsp3) is 0.438. The lowest BCUT2D eigenvalue weighted by Crippen LogP contribution is -2.36. The molecule has 1 aromatic carbocycles. The lowest BCUT2D eigenvalue weighted by Gasteiger charge is -2.21. The van der Waals surface area contributed by atoms with Crippen LogP contribution in [0.25, 0.3) is 0 Å². The second-order valence-electron chi connectivity index (χ2n) is 5.64. The topological polar surface area (TPSA) is 66.5 Å². The van der Waals surface area contributed by atoms with Crippen molar-refractivity contribution in [2.24, 2.45) is 5.92 Å². The minimum absolute atomic E-state index is 0.0699. The van der Waals surface area contributed by atoms with Crippen LogP contribution in [0.2, 0.25) is 0 Å². The summed E-state index contributed by atoms with van der Waals surface area (Å²) in [5.41, 5.74) is 1.01. The van der Waals surface area contributed by atoms with Gasteiger partial charge in [0, 0.05) is 11.6 Å². The van der Waals surface area contributed by atoms with Gasteiger partial charge in [-0.2, -0.15) is 0 Å². The third kappa shape index (κ3) is 4.87. The predicted molar refractivity (Wildman–Crippen MR) is 90.6 cm³/mol. The molecule has 1 aromatic rings. The van der Waals surface area contributed by atoms with Crippen LogP contribution >= 0.6 is 0 Å². The van der Waals surface area contributed by atoms with Gasteiger partial charge in [-0.15, -0.1) is 6.58 Å². The zero-order chi connectivity index (χ0) is 16.9. The van der Waals surface area contributed by atoms with Crippen molar-refractivity contribution in [3.8, 4) is 0 Å². The average Bonchev–Trinajstić information content (AvgIpc) is 2.43. The Hall–Kier alpha value is -1.82. The molecule has 122 valence electrons. The van der Waals surface area contributed by atoms with E-state index in [0.717, 1.165) is 6.26 Å². The van der Waals surface area contributed by atoms with Gasteiger partial charge >= 0.3 is 0 Å². The molecule has 0 aromatic heterocycles. The molecule has 6 heteroatoms. The number of carbonyl (C=O) groups excluding carboxylic acids is 1. The van der Waals surface area contributed by atoms with Crippen LogP contribution < -0.4 is 9.62 Å². The first-order valence-corrected chi connectivity index (χ1v) is 9.01. The predicted octanol–water partition coefficient (Wildman–Crippen LogP) is 2.41. The van der Waals surface area contributed by atoms with Crippen molar-refractivity contribution in [2.75, 3.05) is 17.1 Å². The van der Waals surface area contributed by atoms with E-state index in [4.69, 9.17) is 0 Å². The molecule has 0 bridgehead atoms. The van der Waals surface area contributed by atoms with Crippen LogP contribution in [-0.2, 0) is 10.0 Å². The molecular weight excluding hydrogens is 300 g/mol. The molecule has 0 radical (unpaired) electrons. The van der Waals surface area contributed by atoms with Gasteiger partial charge < -0.3 is 5.32 Å². The highest BCUT2D eigenvalue weighted by molar-refractivity contribution is 7.92. The summed E-state index contributed by atoms with van der Waals surface area (Å²) in [5.74, 6) is 0.180. The maximum atomic E-state index is 12.1. The molecule has 0 spiro atoms. The molecule has 0 saturated heterocycles. The Kier molecular flexibility index (Phi) is 6.17. The van der Waals surface area contributed by atoms with Crippen LogP contribution in [0.5, 0.6) is 0 Å². The van der Waals surface area contributed by atoms with E-state index in [1.54, 1.807) is 24.3 Å². The number of hydrogen-bond donors (Lipinski definition) is 1. The number of rotatable bonds is 7. The maximum absolute atomic E-state index is 12.1. The normalized spacial score (nSPS) is 12.8. The van der Waals surface area contributed by atoms with Crippen LogP contribution in [0.15, 0.2) is 36.9 Å². The van der Waals surface area contributed by atoms with Gasteiger partial charge in [-0.3, -0.25) is 9.10 Å². The first-order valence-electron chi connectivity index (χ1n) is 7.16. The van der Waals surface area contributed by atoms with Gasteiger partial charge in [-0.25, -0.2) is 8.42 Å². The van der Waals surface area contributed by atoms with Gasteiger partial charge in [-0.1, -0.05) is 19.9 Å². The Morgan fingerprint density at radius 3 is 2.23 bits per heavy atom. The second-order valence-corrected chi connectivity index (χ2v) is 7.54. The number of carbonyl (C=O) groups is 1. The van der Waals surface area contributed by atoms with Gasteiger partial charge in [0.2, 0.25) is 10.0 Å². The molecular formula is C16H24N2O3S. The highest BCUT2D eigenvalue weighted by atomic mass is 32.2. The van der Waals surface area contributed by atoms with Gasteiger partial charge in [-0.05, 0) is 37.1 Å². The van der Waals surface area contributed by atoms with Crippen molar-refractivity contribution in [3.63, 3.8) is 0 Å². The zero-order valence-electron chi connectivity index (χ0n) is 13.5. The summed E-state index contributed by atoms with van der Waals surface area (Å²) in [5, 5.41) is 2.91. The molecule has 0 aliphatic heterocycles. The van der Waals surface area contributed by atoms with Gasteiger partial charge in [0.25, 0.3) is 5.91 Å². The molecule has 0 heterocycles. The van der Waals surface area contributed by atoms with Crippen molar-refractivity contribution in [2.45, 2.75) is 26.8 Å². The van der Waals surface area contributed by atoms with E-state index in [2.05, 4.69) is 11.9 Å². The van der Waals surface area contributed by atoms with Crippen molar-refractivity contribution in [1.82, 2.24) is 5.32 Å². The van der Waals surface area contributed by atoms with Crippen LogP contribution in [0.1, 0.15) is 31.1 Å². The molecule has 0 fully saturated rings. The third-order valence-electron chi connectivity index (χ3n) is 3.47. The van der Waals surface area contributed by atoms with Crippen LogP contribution in [0.4, 0.5) is 5.69 Å². The number of anilines is 1. The lowest BCUT2D eigenvalue weighted by molar-refractivity contribution is 0.0930. The molecule has 1 rings (SSSR count). The molecule has 0 saturated carbocycles. The van der Waals surface area contributed by atoms with E-state index < -0.39 is 10.0 Å². The van der Waals surface area contributed by atoms with Crippen molar-refractivity contribution < 1.29 is 13.2 Å². The molecule has 1 N–H and O–H groups in total. The Morgan fingerprint density at radius 2 is 1.82 bits per heavy atom. The highest BCUT2D eigenvalue weighted by Crippen LogP contribution is 2.18. The molecule has 0 aliphatic rings. The lowest BCUT2D eigenvalue weighted by atomic mass is 10.1. The summed E-state index contributed by atoms with van der Waals surface area (Å²) in [6, 6.07) is 6.57. The number of nitrogens with one attached hydrogen (secondary N) is 1. The second kappa shape index (κ2) is 7.45. The summed E-state index contributed by atoms with van der Waals surface area (Å²) in [4.78, 5) is 12.1. The highest BCUT2D eigenvalue weighted by Gasteiger charge is 2.17. The quantitative estimate of drug-likeness (QED) is 0.783.